The van der Waals surface area contributed by atoms with Crippen LogP contribution in [0.25, 0.3) is 10.8 Å². The van der Waals surface area contributed by atoms with E-state index < -0.39 is 27.9 Å². The van der Waals surface area contributed by atoms with E-state index in [0.29, 0.717) is 11.1 Å². The molecule has 0 spiro atoms. The Morgan fingerprint density at radius 3 is 2.54 bits per heavy atom. The molecular formula is C16H16N2O5S. The fourth-order valence-corrected chi connectivity index (χ4v) is 4.56. The van der Waals surface area contributed by atoms with Gasteiger partial charge in [0.2, 0.25) is 5.91 Å². The zero-order valence-corrected chi connectivity index (χ0v) is 13.7. The van der Waals surface area contributed by atoms with E-state index in [4.69, 9.17) is 5.11 Å². The first-order valence-electron chi connectivity index (χ1n) is 7.36. The summed E-state index contributed by atoms with van der Waals surface area (Å²) >= 11 is 0. The Bertz CT molecular complexity index is 933. The molecule has 126 valence electrons. The van der Waals surface area contributed by atoms with Gasteiger partial charge in [0, 0.05) is 11.4 Å². The lowest BCUT2D eigenvalue weighted by Crippen LogP contribution is -2.42. The summed E-state index contributed by atoms with van der Waals surface area (Å²) in [5.41, 5.74) is 0.462. The number of nitrogens with one attached hydrogen (secondary N) is 1. The van der Waals surface area contributed by atoms with Crippen LogP contribution in [0.15, 0.2) is 41.3 Å². The van der Waals surface area contributed by atoms with E-state index in [0.717, 1.165) is 9.69 Å². The molecule has 0 radical (unpaired) electrons. The molecule has 0 aromatic heterocycles. The number of carboxylic acids is 1. The Morgan fingerprint density at radius 2 is 1.88 bits per heavy atom. The van der Waals surface area contributed by atoms with Crippen molar-refractivity contribution in [2.45, 2.75) is 24.3 Å². The molecule has 8 heteroatoms. The fraction of sp³-hybridized carbons (Fsp3) is 0.250. The normalized spacial score (nSPS) is 16.1. The first-order valence-corrected chi connectivity index (χ1v) is 8.80. The van der Waals surface area contributed by atoms with Crippen LogP contribution in [-0.4, -0.2) is 38.0 Å². The number of carbonyl (C=O) groups is 2. The van der Waals surface area contributed by atoms with Crippen LogP contribution in [0.5, 0.6) is 0 Å². The Morgan fingerprint density at radius 1 is 1.21 bits per heavy atom. The van der Waals surface area contributed by atoms with Crippen LogP contribution in [0.3, 0.4) is 0 Å². The van der Waals surface area contributed by atoms with Crippen LogP contribution in [0.1, 0.15) is 13.3 Å². The second kappa shape index (κ2) is 5.79. The second-order valence-corrected chi connectivity index (χ2v) is 7.54. The van der Waals surface area contributed by atoms with Crippen LogP contribution < -0.4 is 9.62 Å². The van der Waals surface area contributed by atoms with Crippen molar-refractivity contribution in [3.63, 3.8) is 0 Å². The molecule has 7 nitrogen and oxygen atoms in total. The van der Waals surface area contributed by atoms with Crippen molar-refractivity contribution in [2.24, 2.45) is 0 Å². The maximum absolute atomic E-state index is 12.7. The molecule has 0 saturated carbocycles. The number of sulfonamides is 1. The second-order valence-electron chi connectivity index (χ2n) is 5.71. The molecule has 1 unspecified atom stereocenters. The minimum Gasteiger partial charge on any atom is -0.481 e. The highest BCUT2D eigenvalue weighted by molar-refractivity contribution is 7.93. The molecule has 1 amide bonds. The molecule has 1 aliphatic rings. The summed E-state index contributed by atoms with van der Waals surface area (Å²) in [6.45, 7) is 1.17. The van der Waals surface area contributed by atoms with Crippen molar-refractivity contribution in [2.75, 3.05) is 10.8 Å². The number of amides is 1. The van der Waals surface area contributed by atoms with Gasteiger partial charge in [0.25, 0.3) is 10.0 Å². The number of anilines is 1. The van der Waals surface area contributed by atoms with Crippen molar-refractivity contribution < 1.29 is 23.1 Å². The number of carboxylic acid groups (broad SMARTS) is 1. The molecule has 0 fully saturated rings. The molecule has 1 aliphatic heterocycles. The van der Waals surface area contributed by atoms with E-state index in [2.05, 4.69) is 5.32 Å². The number of aliphatic carboxylic acids is 1. The Labute approximate surface area is 138 Å². The average Bonchev–Trinajstić information content (AvgIpc) is 2.70. The van der Waals surface area contributed by atoms with Gasteiger partial charge >= 0.3 is 5.97 Å². The summed E-state index contributed by atoms with van der Waals surface area (Å²) in [6.07, 6.45) is -0.228. The average molecular weight is 348 g/mol. The number of hydrogen-bond acceptors (Lipinski definition) is 4. The highest BCUT2D eigenvalue weighted by Crippen LogP contribution is 2.41. The van der Waals surface area contributed by atoms with E-state index in [-0.39, 0.29) is 17.9 Å². The Kier molecular flexibility index (Phi) is 3.92. The van der Waals surface area contributed by atoms with Gasteiger partial charge in [-0.25, -0.2) is 8.42 Å². The minimum absolute atomic E-state index is 0.182. The van der Waals surface area contributed by atoms with Crippen LogP contribution in [-0.2, 0) is 19.6 Å². The first-order chi connectivity index (χ1) is 11.3. The van der Waals surface area contributed by atoms with Gasteiger partial charge in [-0.05, 0) is 24.4 Å². The third kappa shape index (κ3) is 2.69. The van der Waals surface area contributed by atoms with Gasteiger partial charge in [0.05, 0.1) is 17.0 Å². The fourth-order valence-electron chi connectivity index (χ4n) is 2.89. The van der Waals surface area contributed by atoms with E-state index >= 15 is 0 Å². The van der Waals surface area contributed by atoms with Crippen molar-refractivity contribution in [1.29, 1.82) is 0 Å². The number of carbonyl (C=O) groups excluding carboxylic acids is 1. The smallest absolute Gasteiger partial charge is 0.305 e. The van der Waals surface area contributed by atoms with Gasteiger partial charge in [0.1, 0.15) is 6.54 Å². The molecule has 1 heterocycles. The van der Waals surface area contributed by atoms with Crippen molar-refractivity contribution in [3.05, 3.63) is 36.4 Å². The third-order valence-electron chi connectivity index (χ3n) is 3.86. The predicted molar refractivity (Wildman–Crippen MR) is 88.3 cm³/mol. The standard InChI is InChI=1S/C16H16N2O5S/c1-10(8-15(20)21)17-14(19)9-18-12-6-2-4-11-5-3-7-13(16(11)12)24(18,22)23/h2-7,10H,8-9H2,1H3,(H,17,19)(H,20,21). The molecule has 24 heavy (non-hydrogen) atoms. The monoisotopic (exact) mass is 348 g/mol. The van der Waals surface area contributed by atoms with Gasteiger partial charge in [-0.2, -0.15) is 0 Å². The number of rotatable bonds is 5. The molecular weight excluding hydrogens is 332 g/mol. The molecule has 2 aromatic rings. The zero-order chi connectivity index (χ0) is 17.5. The van der Waals surface area contributed by atoms with E-state index in [9.17, 15) is 18.0 Å². The SMILES string of the molecule is CC(CC(=O)O)NC(=O)CN1c2cccc3cccc(c23)S1(=O)=O. The van der Waals surface area contributed by atoms with Gasteiger partial charge in [-0.1, -0.05) is 24.3 Å². The Balaban J connectivity index is 1.89. The zero-order valence-electron chi connectivity index (χ0n) is 12.9. The quantitative estimate of drug-likeness (QED) is 0.848. The maximum atomic E-state index is 12.7. The number of hydrogen-bond donors (Lipinski definition) is 2. The van der Waals surface area contributed by atoms with Crippen LogP contribution in [0, 0.1) is 0 Å². The number of nitrogens with zero attached hydrogens (tertiary/aromatic N) is 1. The maximum Gasteiger partial charge on any atom is 0.305 e. The molecule has 1 atom stereocenters. The molecule has 0 aliphatic carbocycles. The van der Waals surface area contributed by atoms with E-state index in [1.807, 2.05) is 12.1 Å². The van der Waals surface area contributed by atoms with Crippen LogP contribution in [0.2, 0.25) is 0 Å². The topological polar surface area (TPSA) is 104 Å². The highest BCUT2D eigenvalue weighted by Gasteiger charge is 2.36. The van der Waals surface area contributed by atoms with Gasteiger partial charge in [-0.15, -0.1) is 0 Å². The molecule has 2 N–H and O–H groups in total. The lowest BCUT2D eigenvalue weighted by Gasteiger charge is -2.19. The van der Waals surface area contributed by atoms with Crippen LogP contribution >= 0.6 is 0 Å². The van der Waals surface area contributed by atoms with Crippen molar-refractivity contribution >= 4 is 38.4 Å². The Hall–Kier alpha value is -2.61. The first kappa shape index (κ1) is 16.3. The summed E-state index contributed by atoms with van der Waals surface area (Å²) in [4.78, 5) is 23.0. The lowest BCUT2D eigenvalue weighted by atomic mass is 10.1. The third-order valence-corrected chi connectivity index (χ3v) is 5.66. The summed E-state index contributed by atoms with van der Waals surface area (Å²) in [5, 5.41) is 12.6. The minimum atomic E-state index is -3.80. The van der Waals surface area contributed by atoms with Gasteiger partial charge < -0.3 is 10.4 Å². The molecule has 3 rings (SSSR count). The molecule has 0 bridgehead atoms. The predicted octanol–water partition coefficient (Wildman–Crippen LogP) is 1.33. The summed E-state index contributed by atoms with van der Waals surface area (Å²) in [7, 11) is -3.80. The van der Waals surface area contributed by atoms with Gasteiger partial charge in [-0.3, -0.25) is 13.9 Å². The van der Waals surface area contributed by atoms with E-state index in [1.54, 1.807) is 25.1 Å². The van der Waals surface area contributed by atoms with Crippen molar-refractivity contribution in [1.82, 2.24) is 5.32 Å². The number of benzene rings is 2. The summed E-state index contributed by atoms with van der Waals surface area (Å²) < 4.78 is 26.5. The van der Waals surface area contributed by atoms with Crippen molar-refractivity contribution in [3.8, 4) is 0 Å². The lowest BCUT2D eigenvalue weighted by molar-refractivity contribution is -0.137. The molecule has 0 saturated heterocycles. The largest absolute Gasteiger partial charge is 0.481 e. The summed E-state index contributed by atoms with van der Waals surface area (Å²) in [6, 6.07) is 9.62. The molecule has 2 aromatic carbocycles. The van der Waals surface area contributed by atoms with Gasteiger partial charge in [0.15, 0.2) is 0 Å². The van der Waals surface area contributed by atoms with Crippen LogP contribution in [0.4, 0.5) is 5.69 Å². The highest BCUT2D eigenvalue weighted by atomic mass is 32.2. The van der Waals surface area contributed by atoms with E-state index in [1.165, 1.54) is 6.07 Å². The summed E-state index contributed by atoms with van der Waals surface area (Å²) in [5.74, 6) is -1.58.